The molecule has 1 unspecified atom stereocenters. The van der Waals surface area contributed by atoms with Crippen molar-refractivity contribution in [2.45, 2.75) is 19.6 Å². The quantitative estimate of drug-likeness (QED) is 0.820. The Balaban J connectivity index is 1.81. The molecule has 0 radical (unpaired) electrons. The van der Waals surface area contributed by atoms with Crippen molar-refractivity contribution in [3.63, 3.8) is 0 Å². The standard InChI is InChI=1S/C15H20N2O3/c1-12-15(19)16(2)8-9-17(12)14(18)11-20-10-13-6-4-3-5-7-13/h3-7,12H,8-11H2,1-2H3. The van der Waals surface area contributed by atoms with Gasteiger partial charge in [-0.3, -0.25) is 9.59 Å². The zero-order chi connectivity index (χ0) is 14.5. The number of rotatable bonds is 4. The van der Waals surface area contributed by atoms with Gasteiger partial charge in [-0.15, -0.1) is 0 Å². The van der Waals surface area contributed by atoms with Crippen LogP contribution in [0, 0.1) is 0 Å². The Bertz CT molecular complexity index is 475. The summed E-state index contributed by atoms with van der Waals surface area (Å²) in [5, 5.41) is 0. The largest absolute Gasteiger partial charge is 0.367 e. The molecule has 20 heavy (non-hydrogen) atoms. The summed E-state index contributed by atoms with van der Waals surface area (Å²) < 4.78 is 5.43. The monoisotopic (exact) mass is 276 g/mol. The first kappa shape index (κ1) is 14.5. The van der Waals surface area contributed by atoms with Crippen LogP contribution in [0.4, 0.5) is 0 Å². The number of piperazine rings is 1. The lowest BCUT2D eigenvalue weighted by molar-refractivity contribution is -0.152. The second-order valence-corrected chi connectivity index (χ2v) is 5.00. The van der Waals surface area contributed by atoms with Crippen molar-refractivity contribution in [2.75, 3.05) is 26.7 Å². The Hall–Kier alpha value is -1.88. The van der Waals surface area contributed by atoms with Crippen molar-refractivity contribution in [3.8, 4) is 0 Å². The molecule has 5 heteroatoms. The highest BCUT2D eigenvalue weighted by Crippen LogP contribution is 2.10. The van der Waals surface area contributed by atoms with E-state index in [4.69, 9.17) is 4.74 Å². The highest BCUT2D eigenvalue weighted by molar-refractivity contribution is 5.88. The zero-order valence-corrected chi connectivity index (χ0v) is 11.9. The summed E-state index contributed by atoms with van der Waals surface area (Å²) >= 11 is 0. The van der Waals surface area contributed by atoms with Gasteiger partial charge in [0.15, 0.2) is 0 Å². The summed E-state index contributed by atoms with van der Waals surface area (Å²) in [5.74, 6) is -0.150. The highest BCUT2D eigenvalue weighted by atomic mass is 16.5. The molecule has 1 aliphatic heterocycles. The first-order chi connectivity index (χ1) is 9.59. The number of carbonyl (C=O) groups is 2. The van der Waals surface area contributed by atoms with E-state index in [0.717, 1.165) is 5.56 Å². The maximum Gasteiger partial charge on any atom is 0.249 e. The van der Waals surface area contributed by atoms with E-state index in [9.17, 15) is 9.59 Å². The van der Waals surface area contributed by atoms with Crippen molar-refractivity contribution in [3.05, 3.63) is 35.9 Å². The normalized spacial score (nSPS) is 19.3. The minimum Gasteiger partial charge on any atom is -0.367 e. The van der Waals surface area contributed by atoms with Crippen LogP contribution in [0.2, 0.25) is 0 Å². The number of likely N-dealkylation sites (N-methyl/N-ethyl adjacent to an activating group) is 1. The molecule has 0 bridgehead atoms. The van der Waals surface area contributed by atoms with E-state index in [1.807, 2.05) is 30.3 Å². The molecule has 5 nitrogen and oxygen atoms in total. The molecule has 2 rings (SSSR count). The molecule has 1 aliphatic rings. The third-order valence-electron chi connectivity index (χ3n) is 3.53. The molecule has 2 amide bonds. The number of ether oxygens (including phenoxy) is 1. The molecule has 0 spiro atoms. The van der Waals surface area contributed by atoms with Crippen molar-refractivity contribution >= 4 is 11.8 Å². The van der Waals surface area contributed by atoms with Gasteiger partial charge < -0.3 is 14.5 Å². The van der Waals surface area contributed by atoms with Gasteiger partial charge in [0.1, 0.15) is 12.6 Å². The second kappa shape index (κ2) is 6.52. The minimum absolute atomic E-state index is 0.0101. The molecule has 1 fully saturated rings. The Morgan fingerprint density at radius 2 is 2.00 bits per heavy atom. The van der Waals surface area contributed by atoms with Crippen LogP contribution in [0.15, 0.2) is 30.3 Å². The van der Waals surface area contributed by atoms with E-state index in [-0.39, 0.29) is 18.4 Å². The minimum atomic E-state index is -0.401. The van der Waals surface area contributed by atoms with E-state index >= 15 is 0 Å². The molecule has 1 saturated heterocycles. The van der Waals surface area contributed by atoms with Crippen molar-refractivity contribution in [1.29, 1.82) is 0 Å². The maximum absolute atomic E-state index is 12.1. The van der Waals surface area contributed by atoms with Gasteiger partial charge in [-0.1, -0.05) is 30.3 Å². The summed E-state index contributed by atoms with van der Waals surface area (Å²) in [6, 6.07) is 9.30. The zero-order valence-electron chi connectivity index (χ0n) is 11.9. The average Bonchev–Trinajstić information content (AvgIpc) is 2.46. The summed E-state index contributed by atoms with van der Waals surface area (Å²) in [6.45, 7) is 3.32. The van der Waals surface area contributed by atoms with E-state index in [0.29, 0.717) is 19.7 Å². The van der Waals surface area contributed by atoms with Crippen LogP contribution in [0.5, 0.6) is 0 Å². The molecule has 0 aromatic heterocycles. The van der Waals surface area contributed by atoms with Gasteiger partial charge in [0, 0.05) is 20.1 Å². The van der Waals surface area contributed by atoms with Gasteiger partial charge in [-0.2, -0.15) is 0 Å². The molecule has 1 aromatic rings. The second-order valence-electron chi connectivity index (χ2n) is 5.00. The summed E-state index contributed by atoms with van der Waals surface area (Å²) in [7, 11) is 1.76. The van der Waals surface area contributed by atoms with Crippen LogP contribution >= 0.6 is 0 Å². The fraction of sp³-hybridized carbons (Fsp3) is 0.467. The average molecular weight is 276 g/mol. The van der Waals surface area contributed by atoms with Crippen LogP contribution in [-0.2, 0) is 20.9 Å². The smallest absolute Gasteiger partial charge is 0.249 e. The molecule has 108 valence electrons. The SMILES string of the molecule is CC1C(=O)N(C)CCN1C(=O)COCc1ccccc1. The molecular formula is C15H20N2O3. The number of hydrogen-bond donors (Lipinski definition) is 0. The highest BCUT2D eigenvalue weighted by Gasteiger charge is 2.32. The van der Waals surface area contributed by atoms with E-state index < -0.39 is 6.04 Å². The molecule has 0 N–H and O–H groups in total. The van der Waals surface area contributed by atoms with Gasteiger partial charge in [-0.25, -0.2) is 0 Å². The Labute approximate surface area is 119 Å². The molecule has 0 aliphatic carbocycles. The fourth-order valence-electron chi connectivity index (χ4n) is 2.27. The number of benzene rings is 1. The van der Waals surface area contributed by atoms with Crippen LogP contribution in [0.1, 0.15) is 12.5 Å². The predicted octanol–water partition coefficient (Wildman–Crippen LogP) is 0.892. The van der Waals surface area contributed by atoms with Gasteiger partial charge in [0.2, 0.25) is 11.8 Å². The number of hydrogen-bond acceptors (Lipinski definition) is 3. The predicted molar refractivity (Wildman–Crippen MR) is 74.9 cm³/mol. The lowest BCUT2D eigenvalue weighted by Crippen LogP contribution is -2.57. The van der Waals surface area contributed by atoms with Gasteiger partial charge in [-0.05, 0) is 12.5 Å². The summed E-state index contributed by atoms with van der Waals surface area (Å²) in [6.07, 6.45) is 0. The topological polar surface area (TPSA) is 49.9 Å². The van der Waals surface area contributed by atoms with Crippen LogP contribution in [0.25, 0.3) is 0 Å². The first-order valence-corrected chi connectivity index (χ1v) is 6.75. The van der Waals surface area contributed by atoms with Crippen LogP contribution in [-0.4, -0.2) is 54.4 Å². The Morgan fingerprint density at radius 1 is 1.30 bits per heavy atom. The number of nitrogens with zero attached hydrogens (tertiary/aromatic N) is 2. The lowest BCUT2D eigenvalue weighted by atomic mass is 10.2. The summed E-state index contributed by atoms with van der Waals surface area (Å²) in [4.78, 5) is 27.2. The fourth-order valence-corrected chi connectivity index (χ4v) is 2.27. The first-order valence-electron chi connectivity index (χ1n) is 6.75. The van der Waals surface area contributed by atoms with E-state index in [1.165, 1.54) is 0 Å². The molecular weight excluding hydrogens is 256 g/mol. The summed E-state index contributed by atoms with van der Waals surface area (Å²) in [5.41, 5.74) is 1.03. The van der Waals surface area contributed by atoms with E-state index in [1.54, 1.807) is 23.8 Å². The maximum atomic E-state index is 12.1. The molecule has 1 aromatic carbocycles. The van der Waals surface area contributed by atoms with Crippen molar-refractivity contribution in [2.24, 2.45) is 0 Å². The molecule has 1 heterocycles. The Kier molecular flexibility index (Phi) is 4.74. The van der Waals surface area contributed by atoms with Gasteiger partial charge >= 0.3 is 0 Å². The van der Waals surface area contributed by atoms with Crippen LogP contribution in [0.3, 0.4) is 0 Å². The van der Waals surface area contributed by atoms with Crippen molar-refractivity contribution in [1.82, 2.24) is 9.80 Å². The number of amides is 2. The lowest BCUT2D eigenvalue weighted by Gasteiger charge is -2.37. The molecule has 0 saturated carbocycles. The number of carbonyl (C=O) groups excluding carboxylic acids is 2. The van der Waals surface area contributed by atoms with Gasteiger partial charge in [0.25, 0.3) is 0 Å². The third-order valence-corrected chi connectivity index (χ3v) is 3.53. The Morgan fingerprint density at radius 3 is 2.70 bits per heavy atom. The van der Waals surface area contributed by atoms with E-state index in [2.05, 4.69) is 0 Å². The third kappa shape index (κ3) is 3.36. The van der Waals surface area contributed by atoms with Gasteiger partial charge in [0.05, 0.1) is 6.61 Å². The van der Waals surface area contributed by atoms with Crippen molar-refractivity contribution < 1.29 is 14.3 Å². The molecule has 1 atom stereocenters. The van der Waals surface area contributed by atoms with Crippen LogP contribution < -0.4 is 0 Å².